The molecule has 1 aliphatic heterocycles. The minimum Gasteiger partial charge on any atom is -0.329 e. The summed E-state index contributed by atoms with van der Waals surface area (Å²) >= 11 is 0. The van der Waals surface area contributed by atoms with Gasteiger partial charge in [-0.25, -0.2) is 0 Å². The molecule has 1 unspecified atom stereocenters. The number of hydrogen-bond acceptors (Lipinski definition) is 3. The molecule has 0 aromatic rings. The average molecular weight is 247 g/mol. The molecule has 16 heavy (non-hydrogen) atoms. The lowest BCUT2D eigenvalue weighted by molar-refractivity contribution is 0.342. The first-order chi connectivity index (χ1) is 7.55. The highest BCUT2D eigenvalue weighted by Gasteiger charge is 2.37. The van der Waals surface area contributed by atoms with Crippen molar-refractivity contribution in [3.63, 3.8) is 0 Å². The summed E-state index contributed by atoms with van der Waals surface area (Å²) in [6, 6.07) is 0.00616. The highest BCUT2D eigenvalue weighted by molar-refractivity contribution is 7.86. The van der Waals surface area contributed by atoms with Gasteiger partial charge >= 0.3 is 0 Å². The second-order valence-corrected chi connectivity index (χ2v) is 6.86. The highest BCUT2D eigenvalue weighted by Crippen LogP contribution is 2.31. The maximum absolute atomic E-state index is 12.3. The Hall–Kier alpha value is -0.170. The third-order valence-corrected chi connectivity index (χ3v) is 5.51. The molecule has 6 heteroatoms. The normalized spacial score (nSPS) is 27.8. The van der Waals surface area contributed by atoms with Crippen LogP contribution in [0.5, 0.6) is 0 Å². The molecule has 2 aliphatic rings. The first kappa shape index (κ1) is 12.3. The van der Waals surface area contributed by atoms with E-state index >= 15 is 0 Å². The summed E-state index contributed by atoms with van der Waals surface area (Å²) in [4.78, 5) is 0. The summed E-state index contributed by atoms with van der Waals surface area (Å²) in [5, 5.41) is 0. The standard InChI is InChI=1S/C10H21N3O2S/c1-12(8-9-4-5-9)16(14,15)13-6-2-3-10(13)7-11/h9-10H,2-8,11H2,1H3. The molecular weight excluding hydrogens is 226 g/mol. The van der Waals surface area contributed by atoms with E-state index in [4.69, 9.17) is 5.73 Å². The molecular formula is C10H21N3O2S. The fourth-order valence-corrected chi connectivity index (χ4v) is 3.97. The lowest BCUT2D eigenvalue weighted by Gasteiger charge is -2.28. The van der Waals surface area contributed by atoms with Crippen LogP contribution in [0.1, 0.15) is 25.7 Å². The van der Waals surface area contributed by atoms with Gasteiger partial charge in [0.1, 0.15) is 0 Å². The van der Waals surface area contributed by atoms with Crippen molar-refractivity contribution >= 4 is 10.2 Å². The maximum atomic E-state index is 12.3. The van der Waals surface area contributed by atoms with E-state index in [0.29, 0.717) is 25.6 Å². The van der Waals surface area contributed by atoms with E-state index in [1.807, 2.05) is 0 Å². The van der Waals surface area contributed by atoms with E-state index in [1.54, 1.807) is 11.4 Å². The third kappa shape index (κ3) is 2.40. The maximum Gasteiger partial charge on any atom is 0.282 e. The lowest BCUT2D eigenvalue weighted by Crippen LogP contribution is -2.47. The summed E-state index contributed by atoms with van der Waals surface area (Å²) in [6.07, 6.45) is 4.16. The minimum absolute atomic E-state index is 0.00616. The molecule has 1 heterocycles. The van der Waals surface area contributed by atoms with Gasteiger partial charge in [-0.15, -0.1) is 0 Å². The zero-order chi connectivity index (χ0) is 11.8. The molecule has 2 N–H and O–H groups in total. The van der Waals surface area contributed by atoms with E-state index in [9.17, 15) is 8.42 Å². The monoisotopic (exact) mass is 247 g/mol. The molecule has 0 bridgehead atoms. The van der Waals surface area contributed by atoms with Crippen molar-refractivity contribution in [2.75, 3.05) is 26.7 Å². The molecule has 0 spiro atoms. The second-order valence-electron chi connectivity index (χ2n) is 4.87. The van der Waals surface area contributed by atoms with E-state index in [1.165, 1.54) is 17.1 Å². The van der Waals surface area contributed by atoms with Gasteiger partial charge in [0.2, 0.25) is 0 Å². The summed E-state index contributed by atoms with van der Waals surface area (Å²) in [7, 11) is -1.59. The number of hydrogen-bond donors (Lipinski definition) is 1. The van der Waals surface area contributed by atoms with Crippen molar-refractivity contribution in [1.82, 2.24) is 8.61 Å². The minimum atomic E-state index is -3.27. The Labute approximate surface area is 97.8 Å². The van der Waals surface area contributed by atoms with E-state index < -0.39 is 10.2 Å². The van der Waals surface area contributed by atoms with Crippen molar-refractivity contribution < 1.29 is 8.42 Å². The average Bonchev–Trinajstić information content (AvgIpc) is 2.92. The Bertz CT molecular complexity index is 340. The topological polar surface area (TPSA) is 66.6 Å². The Morgan fingerprint density at radius 3 is 2.62 bits per heavy atom. The summed E-state index contributed by atoms with van der Waals surface area (Å²) in [5.41, 5.74) is 5.61. The van der Waals surface area contributed by atoms with Gasteiger partial charge in [0, 0.05) is 32.7 Å². The predicted octanol–water partition coefficient (Wildman–Crippen LogP) is -0.00390. The van der Waals surface area contributed by atoms with Crippen molar-refractivity contribution in [1.29, 1.82) is 0 Å². The smallest absolute Gasteiger partial charge is 0.282 e. The van der Waals surface area contributed by atoms with E-state index in [2.05, 4.69) is 0 Å². The quantitative estimate of drug-likeness (QED) is 0.743. The van der Waals surface area contributed by atoms with E-state index in [-0.39, 0.29) is 6.04 Å². The molecule has 0 aromatic carbocycles. The van der Waals surface area contributed by atoms with Crippen LogP contribution in [0.15, 0.2) is 0 Å². The second kappa shape index (κ2) is 4.60. The zero-order valence-electron chi connectivity index (χ0n) is 9.80. The molecule has 0 radical (unpaired) electrons. The first-order valence-corrected chi connectivity index (χ1v) is 7.38. The molecule has 2 rings (SSSR count). The van der Waals surface area contributed by atoms with Gasteiger partial charge in [-0.05, 0) is 31.6 Å². The van der Waals surface area contributed by atoms with Crippen LogP contribution >= 0.6 is 0 Å². The summed E-state index contributed by atoms with van der Waals surface area (Å²) in [6.45, 7) is 1.71. The first-order valence-electron chi connectivity index (χ1n) is 5.99. The van der Waals surface area contributed by atoms with Crippen LogP contribution in [0.2, 0.25) is 0 Å². The van der Waals surface area contributed by atoms with Gasteiger partial charge in [-0.1, -0.05) is 0 Å². The SMILES string of the molecule is CN(CC1CC1)S(=O)(=O)N1CCCC1CN. The molecule has 2 fully saturated rings. The van der Waals surface area contributed by atoms with Crippen LogP contribution in [0.3, 0.4) is 0 Å². The summed E-state index contributed by atoms with van der Waals surface area (Å²) in [5.74, 6) is 0.582. The fourth-order valence-electron chi connectivity index (χ4n) is 2.29. The van der Waals surface area contributed by atoms with Gasteiger partial charge < -0.3 is 5.73 Å². The van der Waals surface area contributed by atoms with Gasteiger partial charge in [-0.2, -0.15) is 17.0 Å². The Morgan fingerprint density at radius 1 is 1.38 bits per heavy atom. The largest absolute Gasteiger partial charge is 0.329 e. The molecule has 1 aliphatic carbocycles. The van der Waals surface area contributed by atoms with Gasteiger partial charge in [0.15, 0.2) is 0 Å². The van der Waals surface area contributed by atoms with Gasteiger partial charge in [0.05, 0.1) is 0 Å². The molecule has 94 valence electrons. The van der Waals surface area contributed by atoms with Crippen molar-refractivity contribution in [3.8, 4) is 0 Å². The fraction of sp³-hybridized carbons (Fsp3) is 1.00. The van der Waals surface area contributed by atoms with Gasteiger partial charge in [-0.3, -0.25) is 0 Å². The van der Waals surface area contributed by atoms with Crippen LogP contribution in [0.4, 0.5) is 0 Å². The number of rotatable bonds is 5. The summed E-state index contributed by atoms with van der Waals surface area (Å²) < 4.78 is 27.6. The predicted molar refractivity (Wildman–Crippen MR) is 63.1 cm³/mol. The van der Waals surface area contributed by atoms with Crippen LogP contribution in [-0.2, 0) is 10.2 Å². The molecule has 0 aromatic heterocycles. The van der Waals surface area contributed by atoms with Crippen LogP contribution < -0.4 is 5.73 Å². The van der Waals surface area contributed by atoms with Crippen LogP contribution in [0, 0.1) is 5.92 Å². The Morgan fingerprint density at radius 2 is 2.06 bits per heavy atom. The van der Waals surface area contributed by atoms with Crippen molar-refractivity contribution in [2.45, 2.75) is 31.7 Å². The lowest BCUT2D eigenvalue weighted by atomic mass is 10.2. The molecule has 1 saturated carbocycles. The van der Waals surface area contributed by atoms with Gasteiger partial charge in [0.25, 0.3) is 10.2 Å². The van der Waals surface area contributed by atoms with Crippen LogP contribution in [-0.4, -0.2) is 49.8 Å². The Kier molecular flexibility index (Phi) is 3.53. The van der Waals surface area contributed by atoms with Crippen molar-refractivity contribution in [3.05, 3.63) is 0 Å². The molecule has 1 saturated heterocycles. The van der Waals surface area contributed by atoms with E-state index in [0.717, 1.165) is 12.8 Å². The highest BCUT2D eigenvalue weighted by atomic mass is 32.2. The van der Waals surface area contributed by atoms with Crippen molar-refractivity contribution in [2.24, 2.45) is 11.7 Å². The van der Waals surface area contributed by atoms with Crippen LogP contribution in [0.25, 0.3) is 0 Å². The Balaban J connectivity index is 2.04. The zero-order valence-corrected chi connectivity index (χ0v) is 10.6. The molecule has 1 atom stereocenters. The number of nitrogens with zero attached hydrogens (tertiary/aromatic N) is 2. The third-order valence-electron chi connectivity index (χ3n) is 3.50. The number of nitrogens with two attached hydrogens (primary N) is 1. The molecule has 5 nitrogen and oxygen atoms in total. The molecule has 0 amide bonds.